The van der Waals surface area contributed by atoms with Crippen LogP contribution in [0.3, 0.4) is 0 Å². The molecule has 2 aliphatic heterocycles. The lowest BCUT2D eigenvalue weighted by Crippen LogP contribution is -2.55. The van der Waals surface area contributed by atoms with Crippen molar-refractivity contribution in [1.82, 2.24) is 19.7 Å². The van der Waals surface area contributed by atoms with Gasteiger partial charge in [0.15, 0.2) is 0 Å². The minimum atomic E-state index is 0.0555. The fourth-order valence-electron chi connectivity index (χ4n) is 6.87. The Kier molecular flexibility index (Phi) is 15.6. The first-order chi connectivity index (χ1) is 24.9. The van der Waals surface area contributed by atoms with Crippen LogP contribution in [0.25, 0.3) is 11.3 Å². The quantitative estimate of drug-likeness (QED) is 0.141. The van der Waals surface area contributed by atoms with Crippen LogP contribution in [0.5, 0.6) is 0 Å². The molecule has 0 saturated carbocycles. The number of aryl methyl sites for hydroxylation is 1. The van der Waals surface area contributed by atoms with Crippen molar-refractivity contribution in [3.05, 3.63) is 150 Å². The fourth-order valence-corrected chi connectivity index (χ4v) is 6.87. The van der Waals surface area contributed by atoms with Gasteiger partial charge in [-0.25, -0.2) is 0 Å². The summed E-state index contributed by atoms with van der Waals surface area (Å²) in [5.41, 5.74) is 8.26. The first-order valence-electron chi connectivity index (χ1n) is 18.7. The Balaban J connectivity index is 0.000000909. The Morgan fingerprint density at radius 1 is 0.784 bits per heavy atom. The minimum absolute atomic E-state index is 0.0555. The summed E-state index contributed by atoms with van der Waals surface area (Å²) < 4.78 is 2.22. The van der Waals surface area contributed by atoms with Crippen LogP contribution in [0.1, 0.15) is 67.5 Å². The molecule has 270 valence electrons. The molecule has 6 rings (SSSR count). The van der Waals surface area contributed by atoms with E-state index in [1.165, 1.54) is 16.8 Å². The van der Waals surface area contributed by atoms with E-state index in [1.807, 2.05) is 58.9 Å². The van der Waals surface area contributed by atoms with E-state index in [0.717, 1.165) is 80.4 Å². The van der Waals surface area contributed by atoms with Crippen molar-refractivity contribution >= 4 is 17.2 Å². The number of anilines is 1. The smallest absolute Gasteiger partial charge is 0.256 e. The van der Waals surface area contributed by atoms with Crippen molar-refractivity contribution < 1.29 is 4.79 Å². The predicted octanol–water partition coefficient (Wildman–Crippen LogP) is 8.96. The second kappa shape index (κ2) is 20.3. The molecule has 0 radical (unpaired) electrons. The summed E-state index contributed by atoms with van der Waals surface area (Å²) in [5.74, 6) is 0.0797. The van der Waals surface area contributed by atoms with Crippen LogP contribution in [0.15, 0.2) is 122 Å². The number of piperazine rings is 2. The van der Waals surface area contributed by atoms with Gasteiger partial charge in [-0.3, -0.25) is 9.69 Å². The topological polar surface area (TPSA) is 43.8 Å². The third-order valence-electron chi connectivity index (χ3n) is 9.38. The third-order valence-corrected chi connectivity index (χ3v) is 9.38. The van der Waals surface area contributed by atoms with Crippen LogP contribution in [-0.2, 0) is 13.0 Å². The Morgan fingerprint density at radius 2 is 1.41 bits per heavy atom. The van der Waals surface area contributed by atoms with Crippen molar-refractivity contribution in [3.63, 3.8) is 0 Å². The summed E-state index contributed by atoms with van der Waals surface area (Å²) >= 11 is 0. The first kappa shape index (κ1) is 39.1. The highest BCUT2D eigenvalue weighted by molar-refractivity contribution is 6.00. The largest absolute Gasteiger partial charge is 0.369 e. The number of carbonyl (C=O) groups excluding carboxylic acids is 1. The van der Waals surface area contributed by atoms with Crippen molar-refractivity contribution in [2.45, 2.75) is 60.5 Å². The maximum Gasteiger partial charge on any atom is 0.256 e. The van der Waals surface area contributed by atoms with Gasteiger partial charge >= 0.3 is 0 Å². The van der Waals surface area contributed by atoms with Gasteiger partial charge in [-0.1, -0.05) is 111 Å². The molecule has 51 heavy (non-hydrogen) atoms. The molecule has 6 nitrogen and oxygen atoms in total. The highest BCUT2D eigenvalue weighted by atomic mass is 16.2. The summed E-state index contributed by atoms with van der Waals surface area (Å²) in [6, 6.07) is 32.0. The highest BCUT2D eigenvalue weighted by Crippen LogP contribution is 2.32. The summed E-state index contributed by atoms with van der Waals surface area (Å²) in [6.45, 7) is 23.7. The first-order valence-corrected chi connectivity index (χ1v) is 18.7. The number of nitrogens with zero attached hydrogens (tertiary/aromatic N) is 4. The van der Waals surface area contributed by atoms with Crippen LogP contribution >= 0.6 is 0 Å². The Labute approximate surface area is 307 Å². The second-order valence-electron chi connectivity index (χ2n) is 12.9. The van der Waals surface area contributed by atoms with Gasteiger partial charge in [0.1, 0.15) is 0 Å². The molecule has 0 unspecified atom stereocenters. The van der Waals surface area contributed by atoms with Crippen molar-refractivity contribution in [3.8, 4) is 5.69 Å². The Bertz CT molecular complexity index is 1710. The molecule has 1 N–H and O–H groups in total. The monoisotopic (exact) mass is 685 g/mol. The number of hydrogen-bond donors (Lipinski definition) is 1. The van der Waals surface area contributed by atoms with E-state index in [9.17, 15) is 4.79 Å². The second-order valence-corrected chi connectivity index (χ2v) is 12.9. The lowest BCUT2D eigenvalue weighted by Gasteiger charge is -2.42. The van der Waals surface area contributed by atoms with E-state index in [1.54, 1.807) is 0 Å². The summed E-state index contributed by atoms with van der Waals surface area (Å²) in [7, 11) is 0. The minimum Gasteiger partial charge on any atom is -0.369 e. The van der Waals surface area contributed by atoms with Crippen LogP contribution in [0.2, 0.25) is 0 Å². The molecule has 2 fully saturated rings. The summed E-state index contributed by atoms with van der Waals surface area (Å²) in [4.78, 5) is 21.8. The summed E-state index contributed by atoms with van der Waals surface area (Å²) in [5, 5.41) is 3.45. The van der Waals surface area contributed by atoms with Crippen LogP contribution in [0, 0.1) is 6.92 Å². The van der Waals surface area contributed by atoms with E-state index in [4.69, 9.17) is 0 Å². The SMILES string of the molecule is C/C=C\C.C=C(/C=C\C)c1c(C(=O)N2CCN(Cc3ccccc3)C[C@H]2Cc2ccccc2)cc(C)n1-c1cccc(N2CCNCC2)c1.CC. The molecule has 1 atom stereocenters. The fraction of sp³-hybridized carbons (Fsp3) is 0.356. The molecule has 3 aromatic carbocycles. The highest BCUT2D eigenvalue weighted by Gasteiger charge is 2.34. The van der Waals surface area contributed by atoms with Crippen molar-refractivity contribution in [1.29, 1.82) is 0 Å². The summed E-state index contributed by atoms with van der Waals surface area (Å²) in [6.07, 6.45) is 8.83. The van der Waals surface area contributed by atoms with E-state index in [-0.39, 0.29) is 11.9 Å². The lowest BCUT2D eigenvalue weighted by molar-refractivity contribution is 0.0438. The van der Waals surface area contributed by atoms with E-state index in [2.05, 4.69) is 129 Å². The molecular formula is C45H59N5O. The normalized spacial score (nSPS) is 16.4. The number of allylic oxidation sites excluding steroid dienone is 5. The number of carbonyl (C=O) groups is 1. The number of amides is 1. The third kappa shape index (κ3) is 10.4. The molecule has 4 aromatic rings. The molecule has 3 heterocycles. The van der Waals surface area contributed by atoms with Gasteiger partial charge < -0.3 is 19.7 Å². The van der Waals surface area contributed by atoms with Crippen molar-refractivity contribution in [2.24, 2.45) is 0 Å². The van der Waals surface area contributed by atoms with Crippen molar-refractivity contribution in [2.75, 3.05) is 50.7 Å². The maximum absolute atomic E-state index is 14.7. The number of aromatic nitrogens is 1. The van der Waals surface area contributed by atoms with Crippen LogP contribution in [0.4, 0.5) is 5.69 Å². The van der Waals surface area contributed by atoms with E-state index < -0.39 is 0 Å². The van der Waals surface area contributed by atoms with Gasteiger partial charge in [0, 0.05) is 75.5 Å². The molecule has 6 heteroatoms. The zero-order chi connectivity index (χ0) is 36.6. The average Bonchev–Trinajstić information content (AvgIpc) is 3.54. The van der Waals surface area contributed by atoms with Crippen LogP contribution in [-0.4, -0.2) is 72.1 Å². The number of rotatable bonds is 9. The molecule has 2 saturated heterocycles. The molecule has 1 amide bonds. The zero-order valence-corrected chi connectivity index (χ0v) is 31.8. The van der Waals surface area contributed by atoms with Gasteiger partial charge in [0.05, 0.1) is 11.3 Å². The number of hydrogen-bond acceptors (Lipinski definition) is 4. The molecular weight excluding hydrogens is 627 g/mol. The molecule has 0 bridgehead atoms. The van der Waals surface area contributed by atoms with E-state index in [0.29, 0.717) is 6.54 Å². The predicted molar refractivity (Wildman–Crippen MR) is 218 cm³/mol. The number of benzene rings is 3. The van der Waals surface area contributed by atoms with Gasteiger partial charge in [-0.15, -0.1) is 0 Å². The van der Waals surface area contributed by atoms with Gasteiger partial charge in [-0.05, 0) is 75.1 Å². The maximum atomic E-state index is 14.7. The van der Waals surface area contributed by atoms with Gasteiger partial charge in [0.2, 0.25) is 0 Å². The van der Waals surface area contributed by atoms with Gasteiger partial charge in [-0.2, -0.15) is 0 Å². The van der Waals surface area contributed by atoms with Crippen LogP contribution < -0.4 is 10.2 Å². The number of nitrogens with one attached hydrogen (secondary N) is 1. The Morgan fingerprint density at radius 3 is 2.04 bits per heavy atom. The molecule has 2 aliphatic rings. The lowest BCUT2D eigenvalue weighted by atomic mass is 9.99. The molecule has 1 aromatic heterocycles. The molecule has 0 aliphatic carbocycles. The van der Waals surface area contributed by atoms with E-state index >= 15 is 0 Å². The zero-order valence-electron chi connectivity index (χ0n) is 31.8. The molecule has 0 spiro atoms. The van der Waals surface area contributed by atoms with Gasteiger partial charge in [0.25, 0.3) is 5.91 Å². The Hall–Kier alpha value is -4.65. The standard InChI is InChI=1S/C39H45N5O.C4H8.C2H6/c1-4-12-30(2)38-37(25-31(3)44(38)35-18-11-17-34(27-35)42-21-19-40-20-22-42)39(45)43-24-23-41(28-33-15-9-6-10-16-33)29-36(43)26-32-13-7-5-8-14-32;1-3-4-2;1-2/h4-18,25,27,36,40H,2,19-24,26,28-29H2,1,3H3;3-4H,1-2H3;1-2H3/b12-4-;4-3-;/t36-;;/m1../s1. The average molecular weight is 686 g/mol.